The van der Waals surface area contributed by atoms with E-state index in [0.717, 1.165) is 27.8 Å². The molecule has 0 radical (unpaired) electrons. The van der Waals surface area contributed by atoms with Crippen molar-refractivity contribution < 1.29 is 18.0 Å². The largest absolute Gasteiger partial charge is 0.433 e. The number of piperazine rings is 1. The number of hydrogen-bond acceptors (Lipinski definition) is 4. The smallest absolute Gasteiger partial charge is 0.368 e. The summed E-state index contributed by atoms with van der Waals surface area (Å²) in [5.74, 6) is -0.117. The van der Waals surface area contributed by atoms with Gasteiger partial charge in [-0.1, -0.05) is 11.6 Å². The Labute approximate surface area is 180 Å². The molecule has 0 saturated carbocycles. The van der Waals surface area contributed by atoms with Gasteiger partial charge in [-0.15, -0.1) is 11.3 Å². The Hall–Kier alpha value is -2.52. The third-order valence-corrected chi connectivity index (χ3v) is 6.35. The highest BCUT2D eigenvalue weighted by Gasteiger charge is 2.35. The number of hydrogen-bond donors (Lipinski definition) is 0. The number of aryl methyl sites for hydroxylation is 1. The molecule has 0 unspecified atom stereocenters. The normalized spacial score (nSPS) is 15.0. The van der Waals surface area contributed by atoms with Crippen molar-refractivity contribution in [2.75, 3.05) is 31.1 Å². The van der Waals surface area contributed by atoms with Crippen LogP contribution in [0.4, 0.5) is 18.9 Å². The van der Waals surface area contributed by atoms with E-state index in [2.05, 4.69) is 10.00 Å². The standard InChI is InChI=1S/C20H18ClF3N4OS/c1-26-18(20(22,23)24)12-15(25-26)16-6-7-17(30-16)19(29)28-10-8-27(9-11-28)14-4-2-13(21)3-5-14/h2-7,12H,8-11H2,1H3. The van der Waals surface area contributed by atoms with E-state index >= 15 is 0 Å². The van der Waals surface area contributed by atoms with Crippen LogP contribution in [-0.4, -0.2) is 46.8 Å². The molecule has 3 aromatic rings. The van der Waals surface area contributed by atoms with Gasteiger partial charge in [-0.05, 0) is 42.5 Å². The third-order valence-electron chi connectivity index (χ3n) is 5.00. The van der Waals surface area contributed by atoms with Crippen LogP contribution >= 0.6 is 22.9 Å². The van der Waals surface area contributed by atoms with Crippen LogP contribution in [0, 0.1) is 0 Å². The van der Waals surface area contributed by atoms with Crippen LogP contribution in [0.15, 0.2) is 42.5 Å². The fourth-order valence-electron chi connectivity index (χ4n) is 3.42. The molecule has 0 N–H and O–H groups in total. The minimum Gasteiger partial charge on any atom is -0.368 e. The lowest BCUT2D eigenvalue weighted by Crippen LogP contribution is -2.48. The molecule has 3 heterocycles. The lowest BCUT2D eigenvalue weighted by atomic mass is 10.2. The van der Waals surface area contributed by atoms with E-state index in [1.165, 1.54) is 7.05 Å². The highest BCUT2D eigenvalue weighted by Crippen LogP contribution is 2.34. The summed E-state index contributed by atoms with van der Waals surface area (Å²) in [6, 6.07) is 11.9. The topological polar surface area (TPSA) is 41.4 Å². The molecule has 4 rings (SSSR count). The Kier molecular flexibility index (Phi) is 5.50. The van der Waals surface area contributed by atoms with Crippen molar-refractivity contribution in [1.82, 2.24) is 14.7 Å². The molecule has 0 bridgehead atoms. The van der Waals surface area contributed by atoms with E-state index in [4.69, 9.17) is 11.6 Å². The van der Waals surface area contributed by atoms with Gasteiger partial charge >= 0.3 is 6.18 Å². The van der Waals surface area contributed by atoms with Crippen molar-refractivity contribution in [3.05, 3.63) is 58.1 Å². The fourth-order valence-corrected chi connectivity index (χ4v) is 4.47. The van der Waals surface area contributed by atoms with Crippen molar-refractivity contribution in [3.8, 4) is 10.6 Å². The molecular weight excluding hydrogens is 437 g/mol. The molecule has 1 fully saturated rings. The van der Waals surface area contributed by atoms with E-state index < -0.39 is 11.9 Å². The van der Waals surface area contributed by atoms with Crippen LogP contribution < -0.4 is 4.90 Å². The van der Waals surface area contributed by atoms with Gasteiger partial charge in [0.1, 0.15) is 11.4 Å². The minimum atomic E-state index is -4.47. The molecule has 1 aliphatic heterocycles. The fraction of sp³-hybridized carbons (Fsp3) is 0.300. The summed E-state index contributed by atoms with van der Waals surface area (Å²) in [6.07, 6.45) is -4.47. The molecule has 1 amide bonds. The molecule has 0 atom stereocenters. The van der Waals surface area contributed by atoms with Gasteiger partial charge < -0.3 is 9.80 Å². The molecule has 1 aromatic carbocycles. The monoisotopic (exact) mass is 454 g/mol. The van der Waals surface area contributed by atoms with Gasteiger partial charge in [-0.3, -0.25) is 9.48 Å². The Morgan fingerprint density at radius 2 is 1.73 bits per heavy atom. The molecule has 1 saturated heterocycles. The Morgan fingerprint density at radius 3 is 2.33 bits per heavy atom. The second-order valence-electron chi connectivity index (χ2n) is 6.96. The number of carbonyl (C=O) groups is 1. The number of benzene rings is 1. The molecule has 5 nitrogen and oxygen atoms in total. The lowest BCUT2D eigenvalue weighted by Gasteiger charge is -2.36. The average Bonchev–Trinajstić information content (AvgIpc) is 3.35. The van der Waals surface area contributed by atoms with Crippen molar-refractivity contribution in [2.24, 2.45) is 7.05 Å². The van der Waals surface area contributed by atoms with Gasteiger partial charge in [0, 0.05) is 43.9 Å². The van der Waals surface area contributed by atoms with Gasteiger partial charge in [0.2, 0.25) is 0 Å². The lowest BCUT2D eigenvalue weighted by molar-refractivity contribution is -0.143. The van der Waals surface area contributed by atoms with E-state index in [-0.39, 0.29) is 11.6 Å². The third kappa shape index (κ3) is 4.17. The van der Waals surface area contributed by atoms with Crippen LogP contribution in [0.1, 0.15) is 15.4 Å². The average molecular weight is 455 g/mol. The first-order valence-corrected chi connectivity index (χ1v) is 10.4. The first kappa shape index (κ1) is 20.7. The number of nitrogens with zero attached hydrogens (tertiary/aromatic N) is 4. The van der Waals surface area contributed by atoms with Gasteiger partial charge in [-0.2, -0.15) is 18.3 Å². The van der Waals surface area contributed by atoms with Crippen LogP contribution in [0.5, 0.6) is 0 Å². The first-order chi connectivity index (χ1) is 14.2. The van der Waals surface area contributed by atoms with Crippen molar-refractivity contribution in [1.29, 1.82) is 0 Å². The Bertz CT molecular complexity index is 1050. The summed E-state index contributed by atoms with van der Waals surface area (Å²) in [5, 5.41) is 4.63. The second-order valence-corrected chi connectivity index (χ2v) is 8.48. The molecule has 0 aliphatic carbocycles. The van der Waals surface area contributed by atoms with Crippen molar-refractivity contribution >= 4 is 34.5 Å². The number of thiophene rings is 1. The first-order valence-electron chi connectivity index (χ1n) is 9.23. The zero-order valence-electron chi connectivity index (χ0n) is 16.0. The summed E-state index contributed by atoms with van der Waals surface area (Å²) >= 11 is 7.09. The van der Waals surface area contributed by atoms with Crippen molar-refractivity contribution in [2.45, 2.75) is 6.18 Å². The highest BCUT2D eigenvalue weighted by molar-refractivity contribution is 7.17. The predicted octanol–water partition coefficient (Wildman–Crippen LogP) is 4.78. The number of anilines is 1. The van der Waals surface area contributed by atoms with Crippen LogP contribution in [0.25, 0.3) is 10.6 Å². The highest BCUT2D eigenvalue weighted by atomic mass is 35.5. The van der Waals surface area contributed by atoms with E-state index in [0.29, 0.717) is 41.0 Å². The molecule has 158 valence electrons. The summed E-state index contributed by atoms with van der Waals surface area (Å²) in [7, 11) is 1.26. The Balaban J connectivity index is 1.43. The predicted molar refractivity (Wildman–Crippen MR) is 111 cm³/mol. The maximum Gasteiger partial charge on any atom is 0.433 e. The quantitative estimate of drug-likeness (QED) is 0.571. The summed E-state index contributed by atoms with van der Waals surface area (Å²) in [5.41, 5.74) is 0.444. The summed E-state index contributed by atoms with van der Waals surface area (Å²) in [4.78, 5) is 17.8. The molecular formula is C20H18ClF3N4OS. The molecule has 10 heteroatoms. The van der Waals surface area contributed by atoms with Gasteiger partial charge in [0.05, 0.1) is 9.75 Å². The maximum absolute atomic E-state index is 13.0. The van der Waals surface area contributed by atoms with Gasteiger partial charge in [-0.25, -0.2) is 0 Å². The minimum absolute atomic E-state index is 0.117. The SMILES string of the molecule is Cn1nc(-c2ccc(C(=O)N3CCN(c4ccc(Cl)cc4)CC3)s2)cc1C(F)(F)F. The van der Waals surface area contributed by atoms with Crippen LogP contribution in [-0.2, 0) is 13.2 Å². The molecule has 0 spiro atoms. The summed E-state index contributed by atoms with van der Waals surface area (Å²) < 4.78 is 39.8. The second kappa shape index (κ2) is 7.96. The maximum atomic E-state index is 13.0. The van der Waals surface area contributed by atoms with Gasteiger partial charge in [0.15, 0.2) is 0 Å². The molecule has 1 aliphatic rings. The number of rotatable bonds is 3. The molecule has 30 heavy (non-hydrogen) atoms. The number of carbonyl (C=O) groups excluding carboxylic acids is 1. The van der Waals surface area contributed by atoms with E-state index in [1.54, 1.807) is 17.0 Å². The van der Waals surface area contributed by atoms with E-state index in [1.807, 2.05) is 24.3 Å². The van der Waals surface area contributed by atoms with Gasteiger partial charge in [0.25, 0.3) is 5.91 Å². The van der Waals surface area contributed by atoms with Crippen LogP contribution in [0.2, 0.25) is 5.02 Å². The van der Waals surface area contributed by atoms with E-state index in [9.17, 15) is 18.0 Å². The zero-order chi connectivity index (χ0) is 21.5. The number of aromatic nitrogens is 2. The number of halogens is 4. The van der Waals surface area contributed by atoms with Crippen LogP contribution in [0.3, 0.4) is 0 Å². The number of amides is 1. The molecule has 2 aromatic heterocycles. The summed E-state index contributed by atoms with van der Waals surface area (Å²) in [6.45, 7) is 2.52. The van der Waals surface area contributed by atoms with Crippen molar-refractivity contribution in [3.63, 3.8) is 0 Å². The number of alkyl halides is 3. The Morgan fingerprint density at radius 1 is 1.07 bits per heavy atom. The zero-order valence-corrected chi connectivity index (χ0v) is 17.6.